The van der Waals surface area contributed by atoms with E-state index >= 15 is 0 Å². The summed E-state index contributed by atoms with van der Waals surface area (Å²) >= 11 is 0. The minimum atomic E-state index is -4.55. The van der Waals surface area contributed by atoms with Crippen LogP contribution in [-0.2, 0) is 0 Å². The van der Waals surface area contributed by atoms with Crippen LogP contribution in [0.5, 0.6) is 0 Å². The zero-order valence-electron chi connectivity index (χ0n) is 27.1. The van der Waals surface area contributed by atoms with Crippen molar-refractivity contribution < 1.29 is 26.3 Å². The molecule has 0 amide bonds. The highest BCUT2D eigenvalue weighted by Crippen LogP contribution is 2.33. The summed E-state index contributed by atoms with van der Waals surface area (Å²) in [6.45, 7) is 10.2. The fourth-order valence-corrected chi connectivity index (χ4v) is 5.70. The number of nitrogens with zero attached hydrogens (tertiary/aromatic N) is 4. The molecule has 0 heterocycles. The summed E-state index contributed by atoms with van der Waals surface area (Å²) < 4.78 is 79.8. The summed E-state index contributed by atoms with van der Waals surface area (Å²) in [7, 11) is 0. The summed E-state index contributed by atoms with van der Waals surface area (Å²) in [4.78, 5) is 8.19. The zero-order chi connectivity index (χ0) is 36.6. The van der Waals surface area contributed by atoms with E-state index < -0.39 is 23.5 Å². The molecule has 0 radical (unpaired) electrons. The van der Waals surface area contributed by atoms with Gasteiger partial charge >= 0.3 is 12.4 Å². The topological polar surface area (TPSA) is 72.3 Å². The largest absolute Gasteiger partial charge is 0.416 e. The van der Waals surface area contributed by atoms with Gasteiger partial charge in [-0.05, 0) is 89.1 Å². The monoisotopic (exact) mass is 680 g/mol. The molecule has 4 aromatic carbocycles. The molecule has 0 saturated carbocycles. The standard InChI is InChI=1S/C40H30F6N4/c1-5-10-25(12-9-13-31(11-6-2)40(44,45)46)18-29-19-28-21-36-34(22-33(28)37(29)49-23-47)32-17-15-27(20-35(32)38(36)50-24-48)26(7-3)14-16-30(8-4)39(41,42)43/h5-6,8-11,13-22H,2,4,7,12H2,1,3H3/b10-5-,13-9-,25-18+,26-14+,30-16+,31-11+,49-37?,50-38?. The average Bonchev–Trinajstić information content (AvgIpc) is 3.54. The van der Waals surface area contributed by atoms with Crippen LogP contribution in [-0.4, -0.2) is 12.4 Å². The van der Waals surface area contributed by atoms with Gasteiger partial charge < -0.3 is 0 Å². The highest BCUT2D eigenvalue weighted by atomic mass is 19.4. The van der Waals surface area contributed by atoms with E-state index in [1.165, 1.54) is 12.2 Å². The van der Waals surface area contributed by atoms with Crippen molar-refractivity contribution in [1.29, 1.82) is 10.5 Å². The van der Waals surface area contributed by atoms with Crippen molar-refractivity contribution in [3.05, 3.63) is 143 Å². The van der Waals surface area contributed by atoms with Crippen LogP contribution in [0.25, 0.3) is 44.0 Å². The first-order chi connectivity index (χ1) is 23.8. The lowest BCUT2D eigenvalue weighted by molar-refractivity contribution is -0.0890. The Hall–Kier alpha value is -6.00. The Morgan fingerprint density at radius 1 is 0.780 bits per heavy atom. The van der Waals surface area contributed by atoms with Crippen molar-refractivity contribution in [3.8, 4) is 12.4 Å². The lowest BCUT2D eigenvalue weighted by Gasteiger charge is -2.08. The van der Waals surface area contributed by atoms with Gasteiger partial charge in [0.2, 0.25) is 12.4 Å². The van der Waals surface area contributed by atoms with Crippen LogP contribution in [0.2, 0.25) is 0 Å². The molecule has 0 aliphatic heterocycles. The van der Waals surface area contributed by atoms with Crippen LogP contribution in [0.15, 0.2) is 131 Å². The van der Waals surface area contributed by atoms with Gasteiger partial charge in [-0.15, -0.1) is 0 Å². The number of alkyl halides is 6. The molecule has 0 spiro atoms. The van der Waals surface area contributed by atoms with E-state index in [0.29, 0.717) is 61.0 Å². The number of halogens is 6. The molecular weight excluding hydrogens is 650 g/mol. The van der Waals surface area contributed by atoms with Crippen LogP contribution in [0.3, 0.4) is 0 Å². The molecule has 0 aromatic heterocycles. The van der Waals surface area contributed by atoms with E-state index in [0.717, 1.165) is 41.2 Å². The number of hydrogen-bond acceptors (Lipinski definition) is 4. The lowest BCUT2D eigenvalue weighted by atomic mass is 9.99. The molecule has 0 saturated heterocycles. The third-order valence-electron chi connectivity index (χ3n) is 7.93. The Bertz CT molecular complexity index is 2370. The number of hydrogen-bond donors (Lipinski definition) is 0. The number of rotatable bonds is 10. The Balaban J connectivity index is 1.91. The number of benzene rings is 2. The van der Waals surface area contributed by atoms with Crippen molar-refractivity contribution in [2.24, 2.45) is 9.98 Å². The molecule has 0 atom stereocenters. The van der Waals surface area contributed by atoms with Gasteiger partial charge in [0.05, 0.1) is 21.9 Å². The summed E-state index contributed by atoms with van der Waals surface area (Å²) in [5.41, 5.74) is 0.808. The molecule has 0 unspecified atom stereocenters. The van der Waals surface area contributed by atoms with Crippen molar-refractivity contribution in [1.82, 2.24) is 0 Å². The number of allylic oxidation sites excluding steroid dienone is 13. The number of fused-ring (bicyclic) bond motifs is 4. The third kappa shape index (κ3) is 7.99. The normalized spacial score (nSPS) is 14.8. The number of nitriles is 2. The van der Waals surface area contributed by atoms with E-state index in [1.54, 1.807) is 43.4 Å². The molecule has 252 valence electrons. The Morgan fingerprint density at radius 3 is 2.06 bits per heavy atom. The SMILES string of the molecule is C=C/C=C(\C=C/CC(/C=C\C)=C/c1cc2cc3c(=NC#N)c4cc(/C(=C/C=C(\C=C)C(F)(F)F)CC)ccc4c3cc2c1=NC#N)C(F)(F)F. The maximum absolute atomic E-state index is 13.3. The molecular formula is C40H30F6N4. The fourth-order valence-electron chi connectivity index (χ4n) is 5.70. The third-order valence-corrected chi connectivity index (χ3v) is 7.93. The molecule has 4 rings (SSSR count). The minimum absolute atomic E-state index is 0.155. The fraction of sp³-hybridized carbons (Fsp3) is 0.150. The van der Waals surface area contributed by atoms with Gasteiger partial charge in [-0.25, -0.2) is 0 Å². The molecule has 0 N–H and O–H groups in total. The van der Waals surface area contributed by atoms with E-state index in [4.69, 9.17) is 0 Å². The van der Waals surface area contributed by atoms with Crippen LogP contribution < -0.4 is 10.7 Å². The smallest absolute Gasteiger partial charge is 0.172 e. The Kier molecular flexibility index (Phi) is 11.4. The predicted molar refractivity (Wildman–Crippen MR) is 187 cm³/mol. The maximum atomic E-state index is 13.3. The zero-order valence-corrected chi connectivity index (χ0v) is 27.1. The van der Waals surface area contributed by atoms with Gasteiger partial charge in [-0.3, -0.25) is 0 Å². The van der Waals surface area contributed by atoms with Gasteiger partial charge in [-0.2, -0.15) is 46.9 Å². The van der Waals surface area contributed by atoms with Crippen LogP contribution in [0.4, 0.5) is 26.3 Å². The van der Waals surface area contributed by atoms with Crippen molar-refractivity contribution in [2.45, 2.75) is 39.0 Å². The van der Waals surface area contributed by atoms with E-state index in [1.807, 2.05) is 37.5 Å². The summed E-state index contributed by atoms with van der Waals surface area (Å²) in [5, 5.41) is 24.0. The summed E-state index contributed by atoms with van der Waals surface area (Å²) in [6.07, 6.45) is 7.94. The van der Waals surface area contributed by atoms with Crippen molar-refractivity contribution in [3.63, 3.8) is 0 Å². The molecule has 4 nitrogen and oxygen atoms in total. The van der Waals surface area contributed by atoms with E-state index in [2.05, 4.69) is 23.1 Å². The van der Waals surface area contributed by atoms with Gasteiger partial charge in [0, 0.05) is 21.7 Å². The first kappa shape index (κ1) is 36.8. The molecule has 10 heteroatoms. The second-order valence-corrected chi connectivity index (χ2v) is 11.0. The van der Waals surface area contributed by atoms with Gasteiger partial charge in [0.1, 0.15) is 0 Å². The highest BCUT2D eigenvalue weighted by Gasteiger charge is 2.31. The van der Waals surface area contributed by atoms with Crippen LogP contribution >= 0.6 is 0 Å². The first-order valence-electron chi connectivity index (χ1n) is 15.3. The maximum Gasteiger partial charge on any atom is 0.416 e. The molecule has 4 aromatic rings. The van der Waals surface area contributed by atoms with E-state index in [9.17, 15) is 36.9 Å². The average molecular weight is 681 g/mol. The molecule has 50 heavy (non-hydrogen) atoms. The van der Waals surface area contributed by atoms with Crippen molar-refractivity contribution >= 4 is 44.0 Å². The lowest BCUT2D eigenvalue weighted by Crippen LogP contribution is -2.09. The second-order valence-electron chi connectivity index (χ2n) is 11.0. The second kappa shape index (κ2) is 15.5. The molecule has 0 aliphatic rings. The molecule has 0 fully saturated rings. The Labute approximate surface area is 284 Å². The summed E-state index contributed by atoms with van der Waals surface area (Å²) in [6, 6.07) is 10.9. The van der Waals surface area contributed by atoms with Gasteiger partial charge in [-0.1, -0.05) is 80.8 Å². The van der Waals surface area contributed by atoms with Crippen LogP contribution in [0, 0.1) is 22.9 Å². The van der Waals surface area contributed by atoms with Gasteiger partial charge in [0.25, 0.3) is 0 Å². The van der Waals surface area contributed by atoms with Crippen molar-refractivity contribution in [2.75, 3.05) is 0 Å². The van der Waals surface area contributed by atoms with Gasteiger partial charge in [0.15, 0.2) is 0 Å². The molecule has 0 aliphatic carbocycles. The highest BCUT2D eigenvalue weighted by molar-refractivity contribution is 6.16. The van der Waals surface area contributed by atoms with E-state index in [-0.39, 0.29) is 6.42 Å². The molecule has 0 bridgehead atoms. The quantitative estimate of drug-likeness (QED) is 0.0950. The minimum Gasteiger partial charge on any atom is -0.172 e. The Morgan fingerprint density at radius 2 is 1.46 bits per heavy atom. The summed E-state index contributed by atoms with van der Waals surface area (Å²) in [5.74, 6) is 0. The predicted octanol–water partition coefficient (Wildman–Crippen LogP) is 10.8. The first-order valence-corrected chi connectivity index (χ1v) is 15.3. The van der Waals surface area contributed by atoms with Crippen LogP contribution in [0.1, 0.15) is 37.8 Å².